The molecule has 6 heteroatoms. The van der Waals surface area contributed by atoms with Crippen LogP contribution in [0.2, 0.25) is 0 Å². The highest BCUT2D eigenvalue weighted by molar-refractivity contribution is 5.89. The smallest absolute Gasteiger partial charge is 0.327 e. The molecule has 4 rings (SSSR count). The van der Waals surface area contributed by atoms with Crippen LogP contribution < -0.4 is 4.90 Å². The second-order valence-electron chi connectivity index (χ2n) is 8.13. The van der Waals surface area contributed by atoms with Crippen LogP contribution in [0.15, 0.2) is 60.7 Å². The van der Waals surface area contributed by atoms with Gasteiger partial charge < -0.3 is 14.9 Å². The molecule has 5 nitrogen and oxygen atoms in total. The zero-order valence-corrected chi connectivity index (χ0v) is 18.3. The van der Waals surface area contributed by atoms with Crippen molar-refractivity contribution in [2.75, 3.05) is 18.0 Å². The quantitative estimate of drug-likeness (QED) is 0.581. The van der Waals surface area contributed by atoms with Gasteiger partial charge in [-0.25, -0.2) is 9.18 Å². The first-order chi connectivity index (χ1) is 15.4. The van der Waals surface area contributed by atoms with E-state index in [0.717, 1.165) is 16.3 Å². The van der Waals surface area contributed by atoms with Crippen molar-refractivity contribution >= 4 is 28.3 Å². The third-order valence-electron chi connectivity index (χ3n) is 6.40. The van der Waals surface area contributed by atoms with Gasteiger partial charge in [-0.1, -0.05) is 42.5 Å². The lowest BCUT2D eigenvalue weighted by atomic mass is 9.91. The molecule has 0 aromatic heterocycles. The maximum Gasteiger partial charge on any atom is 0.327 e. The molecule has 0 fully saturated rings. The molecular weight excluding hydrogens is 407 g/mol. The number of carboxylic acids is 1. The SMILES string of the molecule is CCN(CC)C(=O)CC1c2cc(F)ccc2N(Cc2cccc3ccccc23)C1C(=O)O. The number of benzene rings is 3. The summed E-state index contributed by atoms with van der Waals surface area (Å²) in [5.41, 5.74) is 2.24. The number of amides is 1. The van der Waals surface area contributed by atoms with Crippen molar-refractivity contribution in [3.8, 4) is 0 Å². The zero-order chi connectivity index (χ0) is 22.8. The molecular formula is C26H27FN2O3. The van der Waals surface area contributed by atoms with E-state index in [4.69, 9.17) is 0 Å². The van der Waals surface area contributed by atoms with Gasteiger partial charge >= 0.3 is 5.97 Å². The molecule has 1 amide bonds. The maximum absolute atomic E-state index is 14.2. The summed E-state index contributed by atoms with van der Waals surface area (Å²) in [5, 5.41) is 12.3. The minimum Gasteiger partial charge on any atom is -0.480 e. The van der Waals surface area contributed by atoms with Crippen LogP contribution in [0.5, 0.6) is 0 Å². The van der Waals surface area contributed by atoms with Crippen LogP contribution in [0.4, 0.5) is 10.1 Å². The monoisotopic (exact) mass is 434 g/mol. The first kappa shape index (κ1) is 21.8. The lowest BCUT2D eigenvalue weighted by Crippen LogP contribution is -2.42. The van der Waals surface area contributed by atoms with E-state index in [-0.39, 0.29) is 12.3 Å². The molecule has 32 heavy (non-hydrogen) atoms. The minimum absolute atomic E-state index is 0.0289. The molecule has 1 heterocycles. The molecule has 1 aliphatic heterocycles. The second kappa shape index (κ2) is 8.99. The highest BCUT2D eigenvalue weighted by Gasteiger charge is 2.44. The third-order valence-corrected chi connectivity index (χ3v) is 6.40. The van der Waals surface area contributed by atoms with Gasteiger partial charge in [-0.2, -0.15) is 0 Å². The zero-order valence-electron chi connectivity index (χ0n) is 18.3. The summed E-state index contributed by atoms with van der Waals surface area (Å²) in [4.78, 5) is 28.8. The normalized spacial score (nSPS) is 17.4. The molecule has 1 N–H and O–H groups in total. The summed E-state index contributed by atoms with van der Waals surface area (Å²) in [5.74, 6) is -2.19. The minimum atomic E-state index is -1.01. The molecule has 0 spiro atoms. The molecule has 0 bridgehead atoms. The molecule has 3 aromatic carbocycles. The van der Waals surface area contributed by atoms with Gasteiger partial charge in [-0.15, -0.1) is 0 Å². The van der Waals surface area contributed by atoms with Gasteiger partial charge in [0.15, 0.2) is 0 Å². The average molecular weight is 435 g/mol. The number of anilines is 1. The molecule has 0 saturated carbocycles. The Bertz CT molecular complexity index is 1150. The van der Waals surface area contributed by atoms with Crippen molar-refractivity contribution in [1.82, 2.24) is 4.90 Å². The Morgan fingerprint density at radius 1 is 1.03 bits per heavy atom. The molecule has 0 radical (unpaired) electrons. The van der Waals surface area contributed by atoms with Crippen LogP contribution in [0.3, 0.4) is 0 Å². The van der Waals surface area contributed by atoms with E-state index in [1.807, 2.05) is 56.3 Å². The topological polar surface area (TPSA) is 60.9 Å². The predicted octanol–water partition coefficient (Wildman–Crippen LogP) is 4.79. The van der Waals surface area contributed by atoms with Crippen LogP contribution in [0.1, 0.15) is 37.3 Å². The number of hydrogen-bond donors (Lipinski definition) is 1. The molecule has 1 aliphatic rings. The van der Waals surface area contributed by atoms with Gasteiger partial charge in [0.25, 0.3) is 0 Å². The van der Waals surface area contributed by atoms with Crippen LogP contribution in [-0.4, -0.2) is 41.0 Å². The summed E-state index contributed by atoms with van der Waals surface area (Å²) in [7, 11) is 0. The van der Waals surface area contributed by atoms with E-state index in [2.05, 4.69) is 0 Å². The summed E-state index contributed by atoms with van der Waals surface area (Å²) in [6.07, 6.45) is 0.0289. The summed E-state index contributed by atoms with van der Waals surface area (Å²) in [6.45, 7) is 5.24. The van der Waals surface area contributed by atoms with Crippen LogP contribution >= 0.6 is 0 Å². The van der Waals surface area contributed by atoms with Crippen molar-refractivity contribution < 1.29 is 19.1 Å². The van der Waals surface area contributed by atoms with Crippen molar-refractivity contribution in [2.24, 2.45) is 0 Å². The first-order valence-electron chi connectivity index (χ1n) is 11.0. The molecule has 2 unspecified atom stereocenters. The van der Waals surface area contributed by atoms with Gasteiger partial charge in [0.1, 0.15) is 11.9 Å². The maximum atomic E-state index is 14.2. The molecule has 2 atom stereocenters. The van der Waals surface area contributed by atoms with Crippen molar-refractivity contribution in [3.63, 3.8) is 0 Å². The van der Waals surface area contributed by atoms with Crippen molar-refractivity contribution in [1.29, 1.82) is 0 Å². The number of nitrogens with zero attached hydrogens (tertiary/aromatic N) is 2. The third kappa shape index (κ3) is 3.93. The Morgan fingerprint density at radius 3 is 2.47 bits per heavy atom. The fraction of sp³-hybridized carbons (Fsp3) is 0.308. The Hall–Kier alpha value is -3.41. The Labute approximate surface area is 187 Å². The van der Waals surface area contributed by atoms with Gasteiger partial charge in [0, 0.05) is 37.7 Å². The molecule has 0 saturated heterocycles. The van der Waals surface area contributed by atoms with Gasteiger partial charge in [0.2, 0.25) is 5.91 Å². The Morgan fingerprint density at radius 2 is 1.75 bits per heavy atom. The summed E-state index contributed by atoms with van der Waals surface area (Å²) < 4.78 is 14.2. The average Bonchev–Trinajstić information content (AvgIpc) is 3.07. The fourth-order valence-electron chi connectivity index (χ4n) is 4.84. The number of hydrogen-bond acceptors (Lipinski definition) is 3. The van der Waals surface area contributed by atoms with Crippen LogP contribution in [0, 0.1) is 5.82 Å². The Balaban J connectivity index is 1.77. The molecule has 3 aromatic rings. The number of halogens is 1. The standard InChI is InChI=1S/C26H27FN2O3/c1-3-28(4-2)24(30)15-22-21-14-19(27)12-13-23(21)29(25(22)26(31)32)16-18-10-7-9-17-8-5-6-11-20(17)18/h5-14,22,25H,3-4,15-16H2,1-2H3,(H,31,32). The van der Waals surface area contributed by atoms with Gasteiger partial charge in [-0.05, 0) is 53.9 Å². The number of carbonyl (C=O) groups is 2. The largest absolute Gasteiger partial charge is 0.480 e. The Kier molecular flexibility index (Phi) is 6.12. The number of aliphatic carboxylic acids is 1. The van der Waals surface area contributed by atoms with Gasteiger partial charge in [0.05, 0.1) is 0 Å². The summed E-state index contributed by atoms with van der Waals surface area (Å²) in [6, 6.07) is 17.3. The van der Waals surface area contributed by atoms with E-state index < -0.39 is 23.7 Å². The highest BCUT2D eigenvalue weighted by Crippen LogP contribution is 2.44. The van der Waals surface area contributed by atoms with E-state index >= 15 is 0 Å². The van der Waals surface area contributed by atoms with E-state index in [9.17, 15) is 19.1 Å². The number of carbonyl (C=O) groups excluding carboxylic acids is 1. The number of carboxylic acid groups (broad SMARTS) is 1. The van der Waals surface area contributed by atoms with E-state index in [1.165, 1.54) is 12.1 Å². The van der Waals surface area contributed by atoms with Gasteiger partial charge in [-0.3, -0.25) is 4.79 Å². The molecule has 0 aliphatic carbocycles. The number of rotatable bonds is 7. The van der Waals surface area contributed by atoms with Crippen LogP contribution in [0.25, 0.3) is 10.8 Å². The van der Waals surface area contributed by atoms with E-state index in [1.54, 1.807) is 15.9 Å². The fourth-order valence-corrected chi connectivity index (χ4v) is 4.84. The summed E-state index contributed by atoms with van der Waals surface area (Å²) >= 11 is 0. The molecule has 166 valence electrons. The lowest BCUT2D eigenvalue weighted by Gasteiger charge is -2.28. The van der Waals surface area contributed by atoms with E-state index in [0.29, 0.717) is 30.9 Å². The van der Waals surface area contributed by atoms with Crippen LogP contribution in [-0.2, 0) is 16.1 Å². The van der Waals surface area contributed by atoms with Crippen molar-refractivity contribution in [3.05, 3.63) is 77.6 Å². The number of fused-ring (bicyclic) bond motifs is 2. The van der Waals surface area contributed by atoms with Crippen molar-refractivity contribution in [2.45, 2.75) is 38.8 Å². The predicted molar refractivity (Wildman–Crippen MR) is 123 cm³/mol. The highest BCUT2D eigenvalue weighted by atomic mass is 19.1. The lowest BCUT2D eigenvalue weighted by molar-refractivity contribution is -0.139. The second-order valence-corrected chi connectivity index (χ2v) is 8.13. The first-order valence-corrected chi connectivity index (χ1v) is 11.0.